The van der Waals surface area contributed by atoms with Crippen molar-refractivity contribution >= 4 is 50.8 Å². The molecule has 196 valence electrons. The average molecular weight is 547 g/mol. The molecular weight excluding hydrogens is 516 g/mol. The van der Waals surface area contributed by atoms with E-state index in [1.807, 2.05) is 68.4 Å². The SMILES string of the molecule is CCN(C(=O)CSc1nc2sc3c(c2c(=O)n1Cc1ccccc1)CCN(C(C)=O)C3)c1cccc(C)c1. The number of rotatable bonds is 7. The molecule has 5 rings (SSSR count). The van der Waals surface area contributed by atoms with Gasteiger partial charge in [0.1, 0.15) is 4.83 Å². The van der Waals surface area contributed by atoms with Crippen molar-refractivity contribution in [3.05, 3.63) is 86.5 Å². The topological polar surface area (TPSA) is 75.5 Å². The maximum absolute atomic E-state index is 13.9. The predicted octanol–water partition coefficient (Wildman–Crippen LogP) is 4.86. The Hall–Kier alpha value is -3.43. The number of hydrogen-bond acceptors (Lipinski definition) is 6. The fraction of sp³-hybridized carbons (Fsp3) is 0.310. The van der Waals surface area contributed by atoms with Crippen LogP contribution in [0.2, 0.25) is 0 Å². The first-order valence-electron chi connectivity index (χ1n) is 12.7. The van der Waals surface area contributed by atoms with Crippen molar-refractivity contribution in [2.24, 2.45) is 0 Å². The van der Waals surface area contributed by atoms with Crippen molar-refractivity contribution in [1.82, 2.24) is 14.5 Å². The van der Waals surface area contributed by atoms with Crippen LogP contribution in [0.5, 0.6) is 0 Å². The van der Waals surface area contributed by atoms with Crippen molar-refractivity contribution in [3.63, 3.8) is 0 Å². The summed E-state index contributed by atoms with van der Waals surface area (Å²) in [5.41, 5.74) is 3.87. The summed E-state index contributed by atoms with van der Waals surface area (Å²) in [6.07, 6.45) is 0.643. The Morgan fingerprint density at radius 2 is 1.92 bits per heavy atom. The smallest absolute Gasteiger partial charge is 0.263 e. The Morgan fingerprint density at radius 1 is 1.13 bits per heavy atom. The highest BCUT2D eigenvalue weighted by molar-refractivity contribution is 7.99. The summed E-state index contributed by atoms with van der Waals surface area (Å²) < 4.78 is 1.70. The number of nitrogens with zero attached hydrogens (tertiary/aromatic N) is 4. The Kier molecular flexibility index (Phi) is 7.67. The van der Waals surface area contributed by atoms with Gasteiger partial charge in [0, 0.05) is 30.6 Å². The van der Waals surface area contributed by atoms with Gasteiger partial charge in [-0.1, -0.05) is 54.2 Å². The molecule has 0 radical (unpaired) electrons. The maximum atomic E-state index is 13.9. The first-order chi connectivity index (χ1) is 18.4. The summed E-state index contributed by atoms with van der Waals surface area (Å²) in [5.74, 6) is 0.162. The van der Waals surface area contributed by atoms with Crippen molar-refractivity contribution < 1.29 is 9.59 Å². The van der Waals surface area contributed by atoms with Crippen molar-refractivity contribution in [2.75, 3.05) is 23.7 Å². The Bertz CT molecular complexity index is 1560. The van der Waals surface area contributed by atoms with Gasteiger partial charge in [-0.05, 0) is 49.1 Å². The lowest BCUT2D eigenvalue weighted by Crippen LogP contribution is -2.34. The van der Waals surface area contributed by atoms with Gasteiger partial charge in [-0.25, -0.2) is 4.98 Å². The number of benzene rings is 2. The third-order valence-corrected chi connectivity index (χ3v) is 8.88. The molecule has 2 aromatic carbocycles. The first-order valence-corrected chi connectivity index (χ1v) is 14.5. The van der Waals surface area contributed by atoms with Gasteiger partial charge in [0.25, 0.3) is 5.56 Å². The van der Waals surface area contributed by atoms with E-state index in [4.69, 9.17) is 4.98 Å². The number of anilines is 1. The summed E-state index contributed by atoms with van der Waals surface area (Å²) in [7, 11) is 0. The minimum atomic E-state index is -0.0893. The van der Waals surface area contributed by atoms with Crippen LogP contribution >= 0.6 is 23.1 Å². The molecule has 0 atom stereocenters. The summed E-state index contributed by atoms with van der Waals surface area (Å²) in [6.45, 7) is 7.58. The quantitative estimate of drug-likeness (QED) is 0.244. The van der Waals surface area contributed by atoms with E-state index in [0.717, 1.165) is 27.3 Å². The molecule has 2 aromatic heterocycles. The lowest BCUT2D eigenvalue weighted by Gasteiger charge is -2.25. The molecule has 7 nitrogen and oxygen atoms in total. The van der Waals surface area contributed by atoms with Crippen LogP contribution in [0.3, 0.4) is 0 Å². The predicted molar refractivity (Wildman–Crippen MR) is 154 cm³/mol. The molecule has 0 bridgehead atoms. The molecular formula is C29H30N4O3S2. The minimum Gasteiger partial charge on any atom is -0.337 e. The van der Waals surface area contributed by atoms with Gasteiger partial charge in [0.05, 0.1) is 24.2 Å². The Balaban J connectivity index is 1.51. The highest BCUT2D eigenvalue weighted by Crippen LogP contribution is 2.34. The zero-order valence-electron chi connectivity index (χ0n) is 21.8. The van der Waals surface area contributed by atoms with E-state index in [-0.39, 0.29) is 23.1 Å². The summed E-state index contributed by atoms with van der Waals surface area (Å²) in [4.78, 5) is 49.4. The molecule has 0 aliphatic carbocycles. The largest absolute Gasteiger partial charge is 0.337 e. The van der Waals surface area contributed by atoms with E-state index in [2.05, 4.69) is 0 Å². The van der Waals surface area contributed by atoms with Gasteiger partial charge in [-0.3, -0.25) is 19.0 Å². The summed E-state index contributed by atoms with van der Waals surface area (Å²) in [6, 6.07) is 17.7. The normalized spacial score (nSPS) is 13.0. The number of fused-ring (bicyclic) bond motifs is 3. The zero-order valence-corrected chi connectivity index (χ0v) is 23.4. The fourth-order valence-corrected chi connectivity index (χ4v) is 7.00. The molecule has 2 amide bonds. The summed E-state index contributed by atoms with van der Waals surface area (Å²) >= 11 is 2.78. The number of thioether (sulfide) groups is 1. The van der Waals surface area contributed by atoms with Crippen molar-refractivity contribution in [1.29, 1.82) is 0 Å². The number of hydrogen-bond donors (Lipinski definition) is 0. The lowest BCUT2D eigenvalue weighted by atomic mass is 10.1. The van der Waals surface area contributed by atoms with E-state index in [0.29, 0.717) is 48.0 Å². The van der Waals surface area contributed by atoms with Crippen LogP contribution in [0.1, 0.15) is 35.4 Å². The van der Waals surface area contributed by atoms with Gasteiger partial charge in [0.15, 0.2) is 5.16 Å². The van der Waals surface area contributed by atoms with Crippen LogP contribution in [0, 0.1) is 6.92 Å². The maximum Gasteiger partial charge on any atom is 0.263 e. The molecule has 1 aliphatic heterocycles. The van der Waals surface area contributed by atoms with Gasteiger partial charge in [-0.2, -0.15) is 0 Å². The highest BCUT2D eigenvalue weighted by atomic mass is 32.2. The first kappa shape index (κ1) is 26.2. The van der Waals surface area contributed by atoms with Crippen LogP contribution in [0.4, 0.5) is 5.69 Å². The lowest BCUT2D eigenvalue weighted by molar-refractivity contribution is -0.129. The van der Waals surface area contributed by atoms with Crippen LogP contribution in [0.25, 0.3) is 10.2 Å². The third kappa shape index (κ3) is 5.26. The average Bonchev–Trinajstić information content (AvgIpc) is 3.28. The van der Waals surface area contributed by atoms with Gasteiger partial charge >= 0.3 is 0 Å². The number of thiophene rings is 1. The molecule has 0 spiro atoms. The molecule has 0 unspecified atom stereocenters. The number of amides is 2. The van der Waals surface area contributed by atoms with Gasteiger partial charge in [0.2, 0.25) is 11.8 Å². The zero-order chi connectivity index (χ0) is 26.8. The number of carbonyl (C=O) groups excluding carboxylic acids is 2. The molecule has 9 heteroatoms. The third-order valence-electron chi connectivity index (χ3n) is 6.81. The van der Waals surface area contributed by atoms with Crippen LogP contribution in [0.15, 0.2) is 64.5 Å². The standard InChI is InChI=1S/C29H30N4O3S2/c1-4-32(22-12-8-9-19(2)15-22)25(35)18-37-29-30-27-26(23-13-14-31(20(3)34)17-24(23)38-27)28(36)33(29)16-21-10-6-5-7-11-21/h5-12,15H,4,13-14,16-18H2,1-3H3. The van der Waals surface area contributed by atoms with E-state index in [1.54, 1.807) is 21.3 Å². The Morgan fingerprint density at radius 3 is 2.63 bits per heavy atom. The van der Waals surface area contributed by atoms with Crippen LogP contribution in [-0.4, -0.2) is 45.1 Å². The summed E-state index contributed by atoms with van der Waals surface area (Å²) in [5, 5.41) is 1.18. The van der Waals surface area contributed by atoms with Gasteiger partial charge < -0.3 is 9.80 Å². The van der Waals surface area contributed by atoms with Crippen molar-refractivity contribution in [2.45, 2.75) is 45.4 Å². The number of carbonyl (C=O) groups is 2. The minimum absolute atomic E-state index is 0.0337. The molecule has 0 N–H and O–H groups in total. The molecule has 0 saturated heterocycles. The van der Waals surface area contributed by atoms with Crippen molar-refractivity contribution in [3.8, 4) is 0 Å². The monoisotopic (exact) mass is 546 g/mol. The molecule has 38 heavy (non-hydrogen) atoms. The number of aryl methyl sites for hydroxylation is 1. The van der Waals surface area contributed by atoms with Crippen LogP contribution < -0.4 is 10.5 Å². The second-order valence-electron chi connectivity index (χ2n) is 9.41. The van der Waals surface area contributed by atoms with E-state index >= 15 is 0 Å². The van der Waals surface area contributed by atoms with Gasteiger partial charge in [-0.15, -0.1) is 11.3 Å². The molecule has 4 aromatic rings. The molecule has 1 aliphatic rings. The Labute approximate surface area is 230 Å². The molecule has 0 fully saturated rings. The highest BCUT2D eigenvalue weighted by Gasteiger charge is 2.27. The molecule has 0 saturated carbocycles. The van der Waals surface area contributed by atoms with E-state index in [1.165, 1.54) is 23.1 Å². The second kappa shape index (κ2) is 11.1. The van der Waals surface area contributed by atoms with Crippen LogP contribution in [-0.2, 0) is 29.1 Å². The number of aromatic nitrogens is 2. The van der Waals surface area contributed by atoms with E-state index in [9.17, 15) is 14.4 Å². The fourth-order valence-electron chi connectivity index (χ4n) is 4.84. The molecule has 3 heterocycles. The van der Waals surface area contributed by atoms with E-state index < -0.39 is 0 Å². The second-order valence-corrected chi connectivity index (χ2v) is 11.4.